The third-order valence-corrected chi connectivity index (χ3v) is 49.0. The highest BCUT2D eigenvalue weighted by molar-refractivity contribution is 6.95. The van der Waals surface area contributed by atoms with Gasteiger partial charge in [-0.2, -0.15) is 0 Å². The molecule has 3 unspecified atom stereocenters. The Labute approximate surface area is 475 Å². The Hall–Kier alpha value is 1.55. The highest BCUT2D eigenvalue weighted by Crippen LogP contribution is 2.60. The molecule has 3 atom stereocenters. The fourth-order valence-electron chi connectivity index (χ4n) is 10.3. The van der Waals surface area contributed by atoms with Gasteiger partial charge in [0, 0.05) is 35.6 Å². The van der Waals surface area contributed by atoms with E-state index in [9.17, 15) is 0 Å². The van der Waals surface area contributed by atoms with Gasteiger partial charge in [-0.25, -0.2) is 4.79 Å². The average Bonchev–Trinajstić information content (AvgIpc) is 3.14. The number of rotatable bonds is 28. The van der Waals surface area contributed by atoms with Crippen molar-refractivity contribution < 1.29 is 60.8 Å². The predicted molar refractivity (Wildman–Crippen MR) is 342 cm³/mol. The number of ether oxygens (including phenoxy) is 4. The Bertz CT molecular complexity index is 1680. The quantitative estimate of drug-likeness (QED) is 0.0318. The highest BCUT2D eigenvalue weighted by Gasteiger charge is 2.81. The van der Waals surface area contributed by atoms with Crippen molar-refractivity contribution in [2.24, 2.45) is 0 Å². The van der Waals surface area contributed by atoms with Gasteiger partial charge in [-0.05, 0) is 241 Å². The van der Waals surface area contributed by atoms with E-state index in [1.54, 1.807) is 0 Å². The van der Waals surface area contributed by atoms with E-state index >= 15 is 4.79 Å². The minimum atomic E-state index is -4.47. The van der Waals surface area contributed by atoms with Crippen LogP contribution in [-0.4, -0.2) is 160 Å². The monoisotopic (exact) mass is 1280 g/mol. The maximum absolute atomic E-state index is 17.3. The summed E-state index contributed by atoms with van der Waals surface area (Å²) in [6.45, 7) is 61.0. The lowest BCUT2D eigenvalue weighted by Gasteiger charge is -2.62. The zero-order valence-electron chi connectivity index (χ0n) is 53.3. The molecule has 0 saturated carbocycles. The molecule has 0 radical (unpaired) electrons. The molecule has 0 aromatic heterocycles. The molecule has 27 heteroatoms. The summed E-state index contributed by atoms with van der Waals surface area (Å²) in [4.78, 5) is 17.3. The summed E-state index contributed by atoms with van der Waals surface area (Å²) in [7, 11) is -36.9. The van der Waals surface area contributed by atoms with Crippen LogP contribution in [-0.2, 0) is 60.8 Å². The lowest BCUT2D eigenvalue weighted by Crippen LogP contribution is -2.82. The number of esters is 1. The lowest BCUT2D eigenvalue weighted by atomic mass is 9.83. The zero-order valence-corrected chi connectivity index (χ0v) is 67.3. The molecule has 442 valence electrons. The molecule has 3 rings (SSSR count). The molecule has 0 bridgehead atoms. The van der Waals surface area contributed by atoms with Crippen LogP contribution >= 0.6 is 0 Å². The molecule has 0 aromatic carbocycles. The van der Waals surface area contributed by atoms with E-state index in [2.05, 4.69) is 177 Å². The van der Waals surface area contributed by atoms with Crippen molar-refractivity contribution in [3.63, 3.8) is 0 Å². The van der Waals surface area contributed by atoms with Crippen molar-refractivity contribution in [3.05, 3.63) is 11.1 Å². The van der Waals surface area contributed by atoms with Gasteiger partial charge >= 0.3 is 32.4 Å². The molecule has 0 aromatic rings. The number of carbonyl (C=O) groups is 1. The first-order valence-electron chi connectivity index (χ1n) is 28.6. The molecule has 75 heavy (non-hydrogen) atoms. The van der Waals surface area contributed by atoms with Gasteiger partial charge in [0.05, 0.1) is 12.2 Å². The fourth-order valence-corrected chi connectivity index (χ4v) is 54.6. The molecule has 0 N–H and O–H groups in total. The SMILES string of the molecule is C[Si](C)(C)O[Si](O[Si](C)(C)C)(O[Si](C)(C)C)C1(C(C(=O)OCCC[SiH3])=C(C2([Si](O[Si](C)(C)C)(O[Si](C)(C)C)O[Si](C)(C)C)CCCCO2)C2([Si](O[Si](C)(C)C)(O[Si](C)(C)C)O[Si](C)(C)C)CCCCO2)CCCCO1. The first-order valence-corrected chi connectivity index (χ1v) is 65.9. The van der Waals surface area contributed by atoms with Gasteiger partial charge in [0.1, 0.15) is 0 Å². The molecule has 0 aliphatic carbocycles. The van der Waals surface area contributed by atoms with E-state index in [-0.39, 0.29) is 12.2 Å². The van der Waals surface area contributed by atoms with Crippen LogP contribution in [0.25, 0.3) is 0 Å². The summed E-state index contributed by atoms with van der Waals surface area (Å²) >= 11 is 0. The fraction of sp³-hybridized carbons (Fsp3) is 0.938. The van der Waals surface area contributed by atoms with E-state index in [0.29, 0.717) is 57.5 Å². The van der Waals surface area contributed by atoms with Gasteiger partial charge in [0.2, 0.25) is 0 Å². The maximum atomic E-state index is 17.3. The minimum Gasteiger partial charge on any atom is -0.462 e. The second-order valence-electron chi connectivity index (χ2n) is 30.2. The summed E-state index contributed by atoms with van der Waals surface area (Å²) in [5.74, 6) is -0.521. The second kappa shape index (κ2) is 25.4. The van der Waals surface area contributed by atoms with Gasteiger partial charge in [-0.1, -0.05) is 6.04 Å². The standard InChI is InChI=1S/C48H114O14Si13/c1-64(2,3)54-73(55-65(4,5)6,56-66(7,8)9)46(35-28-31-39-51-46)43(45(49)50-38-34-42-63)44(47(36-29-32-40-52-47)74(57-67(10,11)12,58-68(13,14)15)59-69(16,17)18)48(37-30-33-41-53-48)75(60-70(19,20)21,61-71(22,23)24)62-72(25,26)27/h28-42H2,1-27,63H3. The van der Waals surface area contributed by atoms with Crippen molar-refractivity contribution in [1.82, 2.24) is 0 Å². The molecule has 3 saturated heterocycles. The van der Waals surface area contributed by atoms with Gasteiger partial charge < -0.3 is 56.0 Å². The Balaban J connectivity index is 3.36. The van der Waals surface area contributed by atoms with E-state index in [4.69, 9.17) is 56.0 Å². The Morgan fingerprint density at radius 2 is 0.600 bits per heavy atom. The number of carbonyl (C=O) groups excluding carboxylic acids is 1. The minimum absolute atomic E-state index is 0.208. The van der Waals surface area contributed by atoms with Gasteiger partial charge in [-0.3, -0.25) is 0 Å². The van der Waals surface area contributed by atoms with Crippen LogP contribution in [0, 0.1) is 0 Å². The van der Waals surface area contributed by atoms with Crippen molar-refractivity contribution in [2.45, 2.75) is 263 Å². The largest absolute Gasteiger partial charge is 0.508 e. The van der Waals surface area contributed by atoms with Crippen LogP contribution in [0.4, 0.5) is 0 Å². The van der Waals surface area contributed by atoms with Crippen LogP contribution in [0.5, 0.6) is 0 Å². The summed E-state index contributed by atoms with van der Waals surface area (Å²) in [6.07, 6.45) is 6.36. The third kappa shape index (κ3) is 19.8. The molecule has 3 fully saturated rings. The maximum Gasteiger partial charge on any atom is 0.508 e. The molecule has 3 aliphatic heterocycles. The van der Waals surface area contributed by atoms with E-state index in [1.807, 2.05) is 0 Å². The smallest absolute Gasteiger partial charge is 0.462 e. The Morgan fingerprint density at radius 3 is 0.800 bits per heavy atom. The van der Waals surface area contributed by atoms with Crippen LogP contribution in [0.2, 0.25) is 183 Å². The van der Waals surface area contributed by atoms with Gasteiger partial charge in [0.15, 0.2) is 90.5 Å². The molecule has 3 heterocycles. The first-order chi connectivity index (χ1) is 33.5. The van der Waals surface area contributed by atoms with Crippen molar-refractivity contribution in [1.29, 1.82) is 0 Å². The van der Waals surface area contributed by atoms with Crippen LogP contribution in [0.15, 0.2) is 11.1 Å². The van der Waals surface area contributed by atoms with E-state index in [0.717, 1.165) is 48.4 Å². The summed E-state index contributed by atoms with van der Waals surface area (Å²) in [5.41, 5.74) is 0.828. The highest BCUT2D eigenvalue weighted by atomic mass is 28.5. The number of hydrogen-bond donors (Lipinski definition) is 0. The molecular weight excluding hydrogens is 1170 g/mol. The van der Waals surface area contributed by atoms with Crippen molar-refractivity contribution >= 4 is 117 Å². The van der Waals surface area contributed by atoms with Crippen molar-refractivity contribution in [2.75, 3.05) is 26.4 Å². The topological polar surface area (TPSA) is 137 Å². The normalized spacial score (nSPS) is 24.1. The van der Waals surface area contributed by atoms with Crippen LogP contribution < -0.4 is 0 Å². The number of hydrogen-bond acceptors (Lipinski definition) is 14. The van der Waals surface area contributed by atoms with Crippen LogP contribution in [0.3, 0.4) is 0 Å². The van der Waals surface area contributed by atoms with E-state index in [1.165, 1.54) is 0 Å². The van der Waals surface area contributed by atoms with Crippen LogP contribution in [0.1, 0.15) is 64.2 Å². The second-order valence-corrected chi connectivity index (χ2v) is 82.4. The molecule has 0 spiro atoms. The first kappa shape index (κ1) is 70.8. The molecule has 3 aliphatic rings. The summed E-state index contributed by atoms with van der Waals surface area (Å²) in [5, 5.41) is -4.86. The summed E-state index contributed by atoms with van der Waals surface area (Å²) < 4.78 is 103. The summed E-state index contributed by atoms with van der Waals surface area (Å²) in [6, 6.07) is 0.957. The average molecular weight is 1280 g/mol. The Kier molecular flexibility index (Phi) is 24.0. The third-order valence-electron chi connectivity index (χ3n) is 11.7. The van der Waals surface area contributed by atoms with Gasteiger partial charge in [-0.15, -0.1) is 0 Å². The lowest BCUT2D eigenvalue weighted by molar-refractivity contribution is -0.145. The zero-order chi connectivity index (χ0) is 58.0. The van der Waals surface area contributed by atoms with Gasteiger partial charge in [0.25, 0.3) is 0 Å². The van der Waals surface area contributed by atoms with E-state index < -0.39 is 123 Å². The Morgan fingerprint density at radius 1 is 0.373 bits per heavy atom. The molecule has 14 nitrogen and oxygen atoms in total. The predicted octanol–water partition coefficient (Wildman–Crippen LogP) is 12.9. The van der Waals surface area contributed by atoms with Crippen molar-refractivity contribution in [3.8, 4) is 0 Å². The molecule has 0 amide bonds. The molecular formula is C48H114O14Si13.